The number of nitro benzene ring substituents is 1. The molecule has 0 radical (unpaired) electrons. The standard InChI is InChI=1S/C28H27ClN2O8/c1-35-24-9-8-19(16-22(24)31(33)34)23(32)10-11-30-21-13-17(12-20(29)27(21)38-4)6-7-18-14-25(36-2)28(39-5)26(15-18)37-3/h6-9,11-16H,10H2,1-5H3/b7-6-,30-11?. The van der Waals surface area contributed by atoms with Gasteiger partial charge in [-0.3, -0.25) is 19.9 Å². The van der Waals surface area contributed by atoms with Crippen LogP contribution in [0.15, 0.2) is 47.5 Å². The Morgan fingerprint density at radius 1 is 0.846 bits per heavy atom. The molecule has 0 bridgehead atoms. The molecule has 3 rings (SSSR count). The van der Waals surface area contributed by atoms with E-state index in [9.17, 15) is 14.9 Å². The molecule has 3 aromatic carbocycles. The molecule has 0 N–H and O–H groups in total. The van der Waals surface area contributed by atoms with Crippen molar-refractivity contribution in [3.8, 4) is 28.7 Å². The van der Waals surface area contributed by atoms with Gasteiger partial charge in [0.25, 0.3) is 0 Å². The smallest absolute Gasteiger partial charge is 0.311 e. The van der Waals surface area contributed by atoms with Crippen LogP contribution in [0.4, 0.5) is 11.4 Å². The number of ether oxygens (including phenoxy) is 5. The van der Waals surface area contributed by atoms with Crippen LogP contribution in [0, 0.1) is 10.1 Å². The molecule has 0 unspecified atom stereocenters. The first kappa shape index (κ1) is 29.0. The van der Waals surface area contributed by atoms with E-state index in [1.165, 1.54) is 45.7 Å². The number of hydrogen-bond donors (Lipinski definition) is 0. The maximum absolute atomic E-state index is 12.7. The van der Waals surface area contributed by atoms with Gasteiger partial charge in [0.05, 0.1) is 45.5 Å². The van der Waals surface area contributed by atoms with E-state index < -0.39 is 4.92 Å². The van der Waals surface area contributed by atoms with Crippen molar-refractivity contribution in [2.24, 2.45) is 4.99 Å². The Hall–Kier alpha value is -4.57. The van der Waals surface area contributed by atoms with Gasteiger partial charge in [-0.1, -0.05) is 23.8 Å². The second-order valence-corrected chi connectivity index (χ2v) is 8.34. The summed E-state index contributed by atoms with van der Waals surface area (Å²) in [7, 11) is 7.40. The molecule has 0 fully saturated rings. The first-order chi connectivity index (χ1) is 18.8. The molecule has 11 heteroatoms. The van der Waals surface area contributed by atoms with Crippen LogP contribution in [0.1, 0.15) is 27.9 Å². The fraction of sp³-hybridized carbons (Fsp3) is 0.214. The molecule has 0 aromatic heterocycles. The Bertz CT molecular complexity index is 1410. The lowest BCUT2D eigenvalue weighted by molar-refractivity contribution is -0.385. The molecule has 0 saturated heterocycles. The summed E-state index contributed by atoms with van der Waals surface area (Å²) in [6.07, 6.45) is 4.97. The van der Waals surface area contributed by atoms with Gasteiger partial charge in [-0.2, -0.15) is 0 Å². The van der Waals surface area contributed by atoms with Gasteiger partial charge in [-0.25, -0.2) is 0 Å². The minimum absolute atomic E-state index is 0.0704. The number of hydrogen-bond acceptors (Lipinski definition) is 9. The molecule has 204 valence electrons. The van der Waals surface area contributed by atoms with Gasteiger partial charge in [-0.15, -0.1) is 0 Å². The van der Waals surface area contributed by atoms with Gasteiger partial charge in [0, 0.05) is 24.3 Å². The highest BCUT2D eigenvalue weighted by molar-refractivity contribution is 6.32. The lowest BCUT2D eigenvalue weighted by Crippen LogP contribution is -2.02. The number of methoxy groups -OCH3 is 5. The summed E-state index contributed by atoms with van der Waals surface area (Å²) in [6, 6.07) is 11.1. The van der Waals surface area contributed by atoms with E-state index >= 15 is 0 Å². The van der Waals surface area contributed by atoms with Crippen molar-refractivity contribution in [1.82, 2.24) is 0 Å². The normalized spacial score (nSPS) is 11.0. The Morgan fingerprint density at radius 3 is 1.97 bits per heavy atom. The predicted octanol–water partition coefficient (Wildman–Crippen LogP) is 6.44. The van der Waals surface area contributed by atoms with Crippen LogP contribution in [0.5, 0.6) is 28.7 Å². The average Bonchev–Trinajstić information content (AvgIpc) is 2.94. The van der Waals surface area contributed by atoms with E-state index in [0.717, 1.165) is 11.1 Å². The van der Waals surface area contributed by atoms with Gasteiger partial charge < -0.3 is 23.7 Å². The topological polar surface area (TPSA) is 119 Å². The Morgan fingerprint density at radius 2 is 1.44 bits per heavy atom. The molecule has 0 amide bonds. The van der Waals surface area contributed by atoms with Gasteiger partial charge in [0.1, 0.15) is 5.69 Å². The van der Waals surface area contributed by atoms with E-state index in [0.29, 0.717) is 33.7 Å². The van der Waals surface area contributed by atoms with Gasteiger partial charge in [0.2, 0.25) is 5.75 Å². The first-order valence-corrected chi connectivity index (χ1v) is 11.9. The van der Waals surface area contributed by atoms with Crippen molar-refractivity contribution < 1.29 is 33.4 Å². The molecule has 10 nitrogen and oxygen atoms in total. The van der Waals surface area contributed by atoms with Crippen molar-refractivity contribution >= 4 is 47.1 Å². The fourth-order valence-corrected chi connectivity index (χ4v) is 4.03. The van der Waals surface area contributed by atoms with Crippen LogP contribution in [-0.4, -0.2) is 52.5 Å². The maximum atomic E-state index is 12.7. The second kappa shape index (κ2) is 13.3. The van der Waals surface area contributed by atoms with Gasteiger partial charge in [0.15, 0.2) is 28.8 Å². The molecule has 0 atom stereocenters. The van der Waals surface area contributed by atoms with Crippen LogP contribution in [-0.2, 0) is 0 Å². The summed E-state index contributed by atoms with van der Waals surface area (Å²) in [4.78, 5) is 27.7. The Labute approximate surface area is 230 Å². The molecule has 0 heterocycles. The molecule has 39 heavy (non-hydrogen) atoms. The second-order valence-electron chi connectivity index (χ2n) is 7.93. The first-order valence-electron chi connectivity index (χ1n) is 11.5. The van der Waals surface area contributed by atoms with E-state index in [1.54, 1.807) is 38.5 Å². The number of aliphatic imine (C=N–C) groups is 1. The molecule has 0 aliphatic heterocycles. The number of Topliss-reactive ketones (excluding diaryl/α,β-unsaturated/α-hetero) is 1. The van der Waals surface area contributed by atoms with Crippen molar-refractivity contribution in [3.63, 3.8) is 0 Å². The third-order valence-corrected chi connectivity index (χ3v) is 5.89. The Kier molecular flexibility index (Phi) is 9.88. The number of carbonyl (C=O) groups excluding carboxylic acids is 1. The van der Waals surface area contributed by atoms with E-state index in [4.69, 9.17) is 35.3 Å². The SMILES string of the molecule is COc1ccc(C(=O)CC=Nc2cc(/C=C\c3cc(OC)c(OC)c(OC)c3)cc(Cl)c2OC)cc1[N+](=O)[O-]. The van der Waals surface area contributed by atoms with Crippen LogP contribution >= 0.6 is 11.6 Å². The predicted molar refractivity (Wildman–Crippen MR) is 150 cm³/mol. The zero-order chi connectivity index (χ0) is 28.5. The zero-order valence-corrected chi connectivity index (χ0v) is 22.8. The monoisotopic (exact) mass is 554 g/mol. The number of benzene rings is 3. The summed E-state index contributed by atoms with van der Waals surface area (Å²) in [5.41, 5.74) is 1.80. The largest absolute Gasteiger partial charge is 0.493 e. The molecular weight excluding hydrogens is 528 g/mol. The highest BCUT2D eigenvalue weighted by Crippen LogP contribution is 2.40. The molecule has 0 aliphatic carbocycles. The summed E-state index contributed by atoms with van der Waals surface area (Å²) >= 11 is 6.43. The lowest BCUT2D eigenvalue weighted by Gasteiger charge is -2.13. The number of rotatable bonds is 12. The Balaban J connectivity index is 1.86. The molecular formula is C28H27ClN2O8. The van der Waals surface area contributed by atoms with E-state index in [-0.39, 0.29) is 29.2 Å². The molecule has 0 aliphatic rings. The summed E-state index contributed by atoms with van der Waals surface area (Å²) in [5.74, 6) is 1.57. The number of carbonyl (C=O) groups is 1. The van der Waals surface area contributed by atoms with E-state index in [1.807, 2.05) is 12.2 Å². The number of nitro groups is 1. The molecule has 0 saturated carbocycles. The lowest BCUT2D eigenvalue weighted by atomic mass is 10.1. The van der Waals surface area contributed by atoms with Crippen molar-refractivity contribution in [2.75, 3.05) is 35.5 Å². The van der Waals surface area contributed by atoms with Crippen molar-refractivity contribution in [1.29, 1.82) is 0 Å². The molecule has 3 aromatic rings. The fourth-order valence-electron chi connectivity index (χ4n) is 3.73. The zero-order valence-electron chi connectivity index (χ0n) is 22.0. The summed E-state index contributed by atoms with van der Waals surface area (Å²) < 4.78 is 26.5. The number of nitrogens with zero attached hydrogens (tertiary/aromatic N) is 2. The molecule has 0 spiro atoms. The van der Waals surface area contributed by atoms with Crippen LogP contribution in [0.2, 0.25) is 5.02 Å². The quantitative estimate of drug-likeness (QED) is 0.0825. The third-order valence-electron chi connectivity index (χ3n) is 5.61. The number of ketones is 1. The minimum Gasteiger partial charge on any atom is -0.493 e. The van der Waals surface area contributed by atoms with E-state index in [2.05, 4.69) is 4.99 Å². The van der Waals surface area contributed by atoms with Crippen LogP contribution < -0.4 is 23.7 Å². The number of halogens is 1. The maximum Gasteiger partial charge on any atom is 0.311 e. The van der Waals surface area contributed by atoms with Crippen molar-refractivity contribution in [3.05, 3.63) is 74.3 Å². The minimum atomic E-state index is -0.603. The van der Waals surface area contributed by atoms with Gasteiger partial charge in [-0.05, 0) is 47.5 Å². The highest BCUT2D eigenvalue weighted by atomic mass is 35.5. The highest BCUT2D eigenvalue weighted by Gasteiger charge is 2.18. The van der Waals surface area contributed by atoms with Crippen LogP contribution in [0.25, 0.3) is 12.2 Å². The summed E-state index contributed by atoms with van der Waals surface area (Å²) in [6.45, 7) is 0. The van der Waals surface area contributed by atoms with Gasteiger partial charge >= 0.3 is 5.69 Å². The average molecular weight is 555 g/mol. The third kappa shape index (κ3) is 6.85. The van der Waals surface area contributed by atoms with Crippen molar-refractivity contribution in [2.45, 2.75) is 6.42 Å². The summed E-state index contributed by atoms with van der Waals surface area (Å²) in [5, 5.41) is 11.6. The van der Waals surface area contributed by atoms with Crippen LogP contribution in [0.3, 0.4) is 0 Å².